The van der Waals surface area contributed by atoms with E-state index >= 15 is 0 Å². The number of aromatic nitrogens is 3. The van der Waals surface area contributed by atoms with Crippen molar-refractivity contribution in [3.8, 4) is 5.88 Å². The van der Waals surface area contributed by atoms with Crippen molar-refractivity contribution in [1.29, 1.82) is 0 Å². The summed E-state index contributed by atoms with van der Waals surface area (Å²) in [7, 11) is 0. The van der Waals surface area contributed by atoms with Crippen LogP contribution in [0, 0.1) is 6.92 Å². The molecule has 0 radical (unpaired) electrons. The monoisotopic (exact) mass is 453 g/mol. The van der Waals surface area contributed by atoms with Gasteiger partial charge in [0.05, 0.1) is 10.9 Å². The number of nitrogens with zero attached hydrogens (tertiary/aromatic N) is 5. The summed E-state index contributed by atoms with van der Waals surface area (Å²) in [6.07, 6.45) is 0. The fourth-order valence-corrected chi connectivity index (χ4v) is 5.61. The van der Waals surface area contributed by atoms with E-state index in [4.69, 9.17) is 11.6 Å². The van der Waals surface area contributed by atoms with Crippen LogP contribution < -0.4 is 0 Å². The first-order chi connectivity index (χ1) is 15.1. The molecule has 6 nitrogen and oxygen atoms in total. The molecular formula is C23H24ClN5OS. The topological polar surface area (TPSA) is 56.9 Å². The molecule has 2 aromatic heterocycles. The molecule has 1 fully saturated rings. The highest BCUT2D eigenvalue weighted by atomic mass is 35.5. The average Bonchev–Trinajstić information content (AvgIpc) is 3.27. The molecule has 1 aliphatic heterocycles. The third-order valence-electron chi connectivity index (χ3n) is 5.74. The first-order valence-electron chi connectivity index (χ1n) is 10.4. The van der Waals surface area contributed by atoms with Crippen LogP contribution in [0.1, 0.15) is 27.9 Å². The van der Waals surface area contributed by atoms with Crippen molar-refractivity contribution in [2.45, 2.75) is 19.5 Å². The van der Waals surface area contributed by atoms with Crippen LogP contribution in [0.3, 0.4) is 0 Å². The molecule has 0 spiro atoms. The second-order valence-corrected chi connectivity index (χ2v) is 9.34. The lowest BCUT2D eigenvalue weighted by Crippen LogP contribution is -2.47. The number of fused-ring (bicyclic) bond motifs is 1. The number of aromatic hydroxyl groups is 1. The Labute approximate surface area is 190 Å². The summed E-state index contributed by atoms with van der Waals surface area (Å²) in [5.41, 5.74) is 2.40. The van der Waals surface area contributed by atoms with Gasteiger partial charge in [-0.15, -0.1) is 5.10 Å². The Morgan fingerprint density at radius 1 is 1.06 bits per heavy atom. The average molecular weight is 454 g/mol. The highest BCUT2D eigenvalue weighted by molar-refractivity contribution is 7.17. The van der Waals surface area contributed by atoms with Gasteiger partial charge in [-0.05, 0) is 30.2 Å². The SMILES string of the molecule is Cc1nc2sc(C(c3cccc(Cl)c3)N3CCN(Cc4ccccc4)CC3)c(O)n2n1. The maximum absolute atomic E-state index is 11.0. The van der Waals surface area contributed by atoms with Crippen LogP contribution >= 0.6 is 22.9 Å². The maximum atomic E-state index is 11.0. The van der Waals surface area contributed by atoms with E-state index < -0.39 is 0 Å². The fourth-order valence-electron chi connectivity index (χ4n) is 4.25. The molecule has 0 aliphatic carbocycles. The van der Waals surface area contributed by atoms with E-state index in [9.17, 15) is 5.11 Å². The van der Waals surface area contributed by atoms with Crippen LogP contribution in [0.2, 0.25) is 5.02 Å². The molecule has 160 valence electrons. The summed E-state index contributed by atoms with van der Waals surface area (Å²) in [6, 6.07) is 18.4. The molecule has 0 amide bonds. The van der Waals surface area contributed by atoms with Crippen LogP contribution in [0.15, 0.2) is 54.6 Å². The Balaban J connectivity index is 1.43. The summed E-state index contributed by atoms with van der Waals surface area (Å²) in [5.74, 6) is 0.819. The van der Waals surface area contributed by atoms with E-state index in [1.54, 1.807) is 4.52 Å². The molecule has 1 N–H and O–H groups in total. The van der Waals surface area contributed by atoms with Crippen LogP contribution in [0.25, 0.3) is 4.96 Å². The number of halogens is 1. The van der Waals surface area contributed by atoms with E-state index in [1.807, 2.05) is 25.1 Å². The number of hydrogen-bond acceptors (Lipinski definition) is 6. The Bertz CT molecular complexity index is 1180. The number of thiazole rings is 1. The quantitative estimate of drug-likeness (QED) is 0.486. The molecule has 1 atom stereocenters. The van der Waals surface area contributed by atoms with Crippen molar-refractivity contribution >= 4 is 27.9 Å². The molecule has 5 rings (SSSR count). The van der Waals surface area contributed by atoms with Crippen molar-refractivity contribution in [3.05, 3.63) is 81.4 Å². The van der Waals surface area contributed by atoms with Gasteiger partial charge in [-0.25, -0.2) is 4.98 Å². The normalized spacial score (nSPS) is 16.7. The zero-order chi connectivity index (χ0) is 21.4. The van der Waals surface area contributed by atoms with E-state index in [1.165, 1.54) is 16.9 Å². The summed E-state index contributed by atoms with van der Waals surface area (Å²) in [6.45, 7) is 6.52. The zero-order valence-corrected chi connectivity index (χ0v) is 18.9. The van der Waals surface area contributed by atoms with Crippen molar-refractivity contribution in [3.63, 3.8) is 0 Å². The highest BCUT2D eigenvalue weighted by Gasteiger charge is 2.31. The largest absolute Gasteiger partial charge is 0.492 e. The third kappa shape index (κ3) is 4.19. The molecule has 8 heteroatoms. The van der Waals surface area contributed by atoms with Crippen LogP contribution in [-0.2, 0) is 6.54 Å². The van der Waals surface area contributed by atoms with Gasteiger partial charge in [-0.1, -0.05) is 65.4 Å². The Morgan fingerprint density at radius 3 is 2.55 bits per heavy atom. The van der Waals surface area contributed by atoms with Gasteiger partial charge in [0.2, 0.25) is 10.8 Å². The molecule has 1 aliphatic rings. The standard InChI is InChI=1S/C23H24ClN5OS/c1-16-25-23-29(26-16)22(30)21(31-23)20(18-8-5-9-19(24)14-18)28-12-10-27(11-13-28)15-17-6-3-2-4-7-17/h2-9,14,20,30H,10-13,15H2,1H3. The minimum absolute atomic E-state index is 0.0913. The van der Waals surface area contributed by atoms with Crippen molar-refractivity contribution in [1.82, 2.24) is 24.4 Å². The van der Waals surface area contributed by atoms with E-state index in [0.717, 1.165) is 43.2 Å². The molecule has 31 heavy (non-hydrogen) atoms. The summed E-state index contributed by atoms with van der Waals surface area (Å²) >= 11 is 7.82. The van der Waals surface area contributed by atoms with Gasteiger partial charge in [0, 0.05) is 37.7 Å². The lowest BCUT2D eigenvalue weighted by molar-refractivity contribution is 0.105. The molecule has 0 saturated carbocycles. The number of benzene rings is 2. The van der Waals surface area contributed by atoms with E-state index in [2.05, 4.69) is 56.3 Å². The lowest BCUT2D eigenvalue weighted by Gasteiger charge is -2.39. The van der Waals surface area contributed by atoms with Gasteiger partial charge in [0.25, 0.3) is 0 Å². The van der Waals surface area contributed by atoms with Crippen LogP contribution in [0.5, 0.6) is 5.88 Å². The van der Waals surface area contributed by atoms with Gasteiger partial charge in [-0.2, -0.15) is 4.52 Å². The minimum atomic E-state index is -0.0913. The van der Waals surface area contributed by atoms with Gasteiger partial charge < -0.3 is 5.11 Å². The van der Waals surface area contributed by atoms with Crippen molar-refractivity contribution in [2.75, 3.05) is 26.2 Å². The molecule has 3 heterocycles. The molecule has 0 bridgehead atoms. The summed E-state index contributed by atoms with van der Waals surface area (Å²) in [4.78, 5) is 10.9. The second-order valence-electron chi connectivity index (χ2n) is 7.90. The zero-order valence-electron chi connectivity index (χ0n) is 17.3. The van der Waals surface area contributed by atoms with Crippen molar-refractivity contribution in [2.24, 2.45) is 0 Å². The van der Waals surface area contributed by atoms with Crippen molar-refractivity contribution < 1.29 is 5.11 Å². The predicted molar refractivity (Wildman–Crippen MR) is 124 cm³/mol. The first-order valence-corrected chi connectivity index (χ1v) is 11.6. The first kappa shape index (κ1) is 20.5. The Hall–Kier alpha value is -2.45. The summed E-state index contributed by atoms with van der Waals surface area (Å²) < 4.78 is 1.54. The molecule has 4 aromatic rings. The molecule has 2 aromatic carbocycles. The molecule has 1 unspecified atom stereocenters. The van der Waals surface area contributed by atoms with Gasteiger partial charge in [0.15, 0.2) is 0 Å². The van der Waals surface area contributed by atoms with E-state index in [0.29, 0.717) is 15.8 Å². The highest BCUT2D eigenvalue weighted by Crippen LogP contribution is 2.40. The number of hydrogen-bond donors (Lipinski definition) is 1. The molecular weight excluding hydrogens is 430 g/mol. The smallest absolute Gasteiger partial charge is 0.230 e. The summed E-state index contributed by atoms with van der Waals surface area (Å²) in [5, 5.41) is 16.0. The third-order valence-corrected chi connectivity index (χ3v) is 7.05. The fraction of sp³-hybridized carbons (Fsp3) is 0.304. The number of aryl methyl sites for hydroxylation is 1. The van der Waals surface area contributed by atoms with Gasteiger partial charge >= 0.3 is 0 Å². The maximum Gasteiger partial charge on any atom is 0.230 e. The van der Waals surface area contributed by atoms with E-state index in [-0.39, 0.29) is 11.9 Å². The molecule has 1 saturated heterocycles. The van der Waals surface area contributed by atoms with Gasteiger partial charge in [0.1, 0.15) is 5.82 Å². The Kier molecular flexibility index (Phi) is 5.67. The van der Waals surface area contributed by atoms with Crippen LogP contribution in [0.4, 0.5) is 0 Å². The van der Waals surface area contributed by atoms with Crippen LogP contribution in [-0.4, -0.2) is 55.7 Å². The number of rotatable bonds is 5. The number of piperazine rings is 1. The minimum Gasteiger partial charge on any atom is -0.492 e. The second kappa shape index (κ2) is 8.59. The van der Waals surface area contributed by atoms with Gasteiger partial charge in [-0.3, -0.25) is 9.80 Å². The lowest BCUT2D eigenvalue weighted by atomic mass is 10.0. The predicted octanol–water partition coefficient (Wildman–Crippen LogP) is 4.37. The Morgan fingerprint density at radius 2 is 1.84 bits per heavy atom.